The highest BCUT2D eigenvalue weighted by atomic mass is 35.5. The Morgan fingerprint density at radius 2 is 1.64 bits per heavy atom. The molecule has 0 amide bonds. The minimum Gasteiger partial charge on any atom is -0.497 e. The predicted molar refractivity (Wildman–Crippen MR) is 96.1 cm³/mol. The Balaban J connectivity index is 1.85. The average molecular weight is 377 g/mol. The van der Waals surface area contributed by atoms with Crippen LogP contribution in [-0.4, -0.2) is 26.2 Å². The highest BCUT2D eigenvalue weighted by Crippen LogP contribution is 2.37. The summed E-state index contributed by atoms with van der Waals surface area (Å²) in [5.74, 6) is -0.0513. The van der Waals surface area contributed by atoms with E-state index in [0.717, 1.165) is 10.1 Å². The fraction of sp³-hybridized carbons (Fsp3) is 0.111. The topological polar surface area (TPSA) is 61.8 Å². The van der Waals surface area contributed by atoms with Crippen molar-refractivity contribution in [1.29, 1.82) is 0 Å². The fourth-order valence-electron chi connectivity index (χ4n) is 2.24. The van der Waals surface area contributed by atoms with Crippen molar-refractivity contribution in [2.75, 3.05) is 14.2 Å². The molecule has 1 aromatic heterocycles. The second-order valence-electron chi connectivity index (χ2n) is 5.01. The number of methoxy groups -OCH3 is 2. The summed E-state index contributed by atoms with van der Waals surface area (Å²) in [5.41, 5.74) is 0.370. The highest BCUT2D eigenvalue weighted by Gasteiger charge is 2.20. The molecular formula is C18H13ClO5S. The summed E-state index contributed by atoms with van der Waals surface area (Å²) in [6.45, 7) is 0. The van der Waals surface area contributed by atoms with Crippen LogP contribution in [0.4, 0.5) is 0 Å². The van der Waals surface area contributed by atoms with E-state index in [1.807, 2.05) is 6.07 Å². The number of ether oxygens (including phenoxy) is 3. The zero-order chi connectivity index (χ0) is 18.0. The number of thiophene rings is 1. The molecule has 0 radical (unpaired) electrons. The van der Waals surface area contributed by atoms with Crippen molar-refractivity contribution >= 4 is 45.0 Å². The lowest BCUT2D eigenvalue weighted by Gasteiger charge is -2.04. The number of fused-ring (bicyclic) bond motifs is 1. The van der Waals surface area contributed by atoms with Crippen molar-refractivity contribution in [3.8, 4) is 11.5 Å². The smallest absolute Gasteiger partial charge is 0.355 e. The third kappa shape index (κ3) is 3.45. The number of halogens is 1. The first-order valence-corrected chi connectivity index (χ1v) is 8.39. The van der Waals surface area contributed by atoms with Crippen LogP contribution in [0.25, 0.3) is 10.1 Å². The Hall–Kier alpha value is -2.57. The van der Waals surface area contributed by atoms with Crippen molar-refractivity contribution in [3.05, 3.63) is 57.9 Å². The number of carbonyl (C=O) groups excluding carboxylic acids is 2. The lowest BCUT2D eigenvalue weighted by molar-refractivity contribution is 0.0600. The molecule has 0 aliphatic carbocycles. The summed E-state index contributed by atoms with van der Waals surface area (Å²) in [6, 6.07) is 11.5. The van der Waals surface area contributed by atoms with E-state index in [1.165, 1.54) is 42.7 Å². The zero-order valence-corrected chi connectivity index (χ0v) is 14.9. The lowest BCUT2D eigenvalue weighted by Crippen LogP contribution is -2.07. The fourth-order valence-corrected chi connectivity index (χ4v) is 3.59. The lowest BCUT2D eigenvalue weighted by atomic mass is 10.2. The van der Waals surface area contributed by atoms with E-state index in [0.29, 0.717) is 27.0 Å². The molecule has 128 valence electrons. The maximum atomic E-state index is 12.4. The van der Waals surface area contributed by atoms with Gasteiger partial charge in [0.2, 0.25) is 0 Å². The molecule has 5 nitrogen and oxygen atoms in total. The van der Waals surface area contributed by atoms with Gasteiger partial charge in [-0.2, -0.15) is 0 Å². The van der Waals surface area contributed by atoms with Crippen molar-refractivity contribution < 1.29 is 23.8 Å². The van der Waals surface area contributed by atoms with E-state index in [-0.39, 0.29) is 0 Å². The van der Waals surface area contributed by atoms with Gasteiger partial charge in [0.1, 0.15) is 16.4 Å². The first kappa shape index (κ1) is 17.3. The molecule has 1 heterocycles. The number of esters is 2. The van der Waals surface area contributed by atoms with Gasteiger partial charge in [-0.05, 0) is 42.5 Å². The van der Waals surface area contributed by atoms with Crippen LogP contribution in [0.1, 0.15) is 20.0 Å². The molecule has 3 aromatic rings. The molecule has 0 fully saturated rings. The van der Waals surface area contributed by atoms with Crippen molar-refractivity contribution in [3.63, 3.8) is 0 Å². The quantitative estimate of drug-likeness (QED) is 0.493. The molecular weight excluding hydrogens is 364 g/mol. The van der Waals surface area contributed by atoms with Crippen LogP contribution in [0.2, 0.25) is 5.02 Å². The number of hydrogen-bond acceptors (Lipinski definition) is 6. The van der Waals surface area contributed by atoms with Gasteiger partial charge in [-0.1, -0.05) is 11.6 Å². The Bertz CT molecular complexity index is 946. The maximum Gasteiger partial charge on any atom is 0.355 e. The van der Waals surface area contributed by atoms with Crippen molar-refractivity contribution in [1.82, 2.24) is 0 Å². The summed E-state index contributed by atoms with van der Waals surface area (Å²) in [4.78, 5) is 24.1. The van der Waals surface area contributed by atoms with E-state index in [1.54, 1.807) is 19.2 Å². The number of hydrogen-bond donors (Lipinski definition) is 0. The van der Waals surface area contributed by atoms with Crippen LogP contribution in [0.15, 0.2) is 42.5 Å². The molecule has 0 unspecified atom stereocenters. The molecule has 0 N–H and O–H groups in total. The molecule has 2 aromatic carbocycles. The summed E-state index contributed by atoms with van der Waals surface area (Å²) in [6.07, 6.45) is 0. The monoisotopic (exact) mass is 376 g/mol. The van der Waals surface area contributed by atoms with Crippen LogP contribution >= 0.6 is 22.9 Å². The largest absolute Gasteiger partial charge is 0.497 e. The molecule has 3 rings (SSSR count). The molecule has 0 aliphatic rings. The van der Waals surface area contributed by atoms with E-state index in [2.05, 4.69) is 4.74 Å². The predicted octanol–water partition coefficient (Wildman–Crippen LogP) is 4.57. The summed E-state index contributed by atoms with van der Waals surface area (Å²) < 4.78 is 16.0. The van der Waals surface area contributed by atoms with Crippen LogP contribution in [0.5, 0.6) is 11.5 Å². The molecule has 0 aliphatic heterocycles. The molecule has 0 saturated heterocycles. The molecule has 0 atom stereocenters. The van der Waals surface area contributed by atoms with E-state index in [9.17, 15) is 9.59 Å². The van der Waals surface area contributed by atoms with Gasteiger partial charge < -0.3 is 14.2 Å². The van der Waals surface area contributed by atoms with Gasteiger partial charge in [0.05, 0.1) is 24.8 Å². The third-order valence-electron chi connectivity index (χ3n) is 3.51. The second-order valence-corrected chi connectivity index (χ2v) is 6.44. The van der Waals surface area contributed by atoms with Crippen LogP contribution < -0.4 is 9.47 Å². The first-order valence-electron chi connectivity index (χ1n) is 7.20. The van der Waals surface area contributed by atoms with E-state index < -0.39 is 11.9 Å². The molecule has 25 heavy (non-hydrogen) atoms. The number of carbonyl (C=O) groups is 2. The summed E-state index contributed by atoms with van der Waals surface area (Å²) in [5, 5.41) is 1.06. The van der Waals surface area contributed by atoms with Gasteiger partial charge in [-0.25, -0.2) is 9.59 Å². The SMILES string of the molecule is COC(=O)c1ccc(OC(=O)c2sc3ccc(OC)cc3c2Cl)cc1. The number of rotatable bonds is 4. The maximum absolute atomic E-state index is 12.4. The van der Waals surface area contributed by atoms with Crippen molar-refractivity contribution in [2.24, 2.45) is 0 Å². The van der Waals surface area contributed by atoms with Gasteiger partial charge >= 0.3 is 11.9 Å². The minimum atomic E-state index is -0.559. The Kier molecular flexibility index (Phi) is 4.92. The van der Waals surface area contributed by atoms with Gasteiger partial charge in [0.25, 0.3) is 0 Å². The van der Waals surface area contributed by atoms with Crippen molar-refractivity contribution in [2.45, 2.75) is 0 Å². The third-order valence-corrected chi connectivity index (χ3v) is 5.16. The zero-order valence-electron chi connectivity index (χ0n) is 13.4. The minimum absolute atomic E-state index is 0.307. The van der Waals surface area contributed by atoms with Gasteiger partial charge in [-0.3, -0.25) is 0 Å². The summed E-state index contributed by atoms with van der Waals surface area (Å²) in [7, 11) is 2.86. The standard InChI is InChI=1S/C18H13ClO5S/c1-22-12-7-8-14-13(9-12)15(19)16(25-14)18(21)24-11-5-3-10(4-6-11)17(20)23-2/h3-9H,1-2H3. The molecule has 7 heteroatoms. The van der Waals surface area contributed by atoms with E-state index >= 15 is 0 Å². The molecule has 0 saturated carbocycles. The average Bonchev–Trinajstić information content (AvgIpc) is 2.98. The Labute approximate surface area is 152 Å². The Morgan fingerprint density at radius 1 is 0.960 bits per heavy atom. The molecule has 0 spiro atoms. The van der Waals surface area contributed by atoms with E-state index in [4.69, 9.17) is 21.1 Å². The van der Waals surface area contributed by atoms with Gasteiger partial charge in [0, 0.05) is 10.1 Å². The normalized spacial score (nSPS) is 10.5. The molecule has 0 bridgehead atoms. The second kappa shape index (κ2) is 7.13. The van der Waals surface area contributed by atoms with Crippen LogP contribution in [-0.2, 0) is 4.74 Å². The number of benzene rings is 2. The van der Waals surface area contributed by atoms with Gasteiger partial charge in [0.15, 0.2) is 0 Å². The highest BCUT2D eigenvalue weighted by molar-refractivity contribution is 7.21. The Morgan fingerprint density at radius 3 is 2.28 bits per heavy atom. The van der Waals surface area contributed by atoms with Crippen LogP contribution in [0.3, 0.4) is 0 Å². The van der Waals surface area contributed by atoms with Crippen LogP contribution in [0, 0.1) is 0 Å². The summed E-state index contributed by atoms with van der Waals surface area (Å²) >= 11 is 7.57. The van der Waals surface area contributed by atoms with Gasteiger partial charge in [-0.15, -0.1) is 11.3 Å². The first-order chi connectivity index (χ1) is 12.0.